The molecule has 1 N–H and O–H groups in total. The van der Waals surface area contributed by atoms with Crippen molar-refractivity contribution >= 4 is 17.4 Å². The smallest absolute Gasteiger partial charge is 0.151 e. The number of aromatic nitrogens is 2. The van der Waals surface area contributed by atoms with Crippen molar-refractivity contribution in [2.45, 2.75) is 61.3 Å². The minimum Gasteiger partial charge on any atom is -0.358 e. The predicted molar refractivity (Wildman–Crippen MR) is 124 cm³/mol. The highest BCUT2D eigenvalue weighted by atomic mass is 16.1. The van der Waals surface area contributed by atoms with Gasteiger partial charge in [0, 0.05) is 28.8 Å². The average Bonchev–Trinajstić information content (AvgIpc) is 3.14. The van der Waals surface area contributed by atoms with E-state index in [0.717, 1.165) is 58.5 Å². The first kappa shape index (κ1) is 25.3. The zero-order valence-electron chi connectivity index (χ0n) is 18.6. The van der Waals surface area contributed by atoms with E-state index in [9.17, 15) is 4.79 Å². The minimum absolute atomic E-state index is 0.727. The van der Waals surface area contributed by atoms with Crippen LogP contribution in [-0.4, -0.2) is 16.3 Å². The van der Waals surface area contributed by atoms with Crippen molar-refractivity contribution in [2.24, 2.45) is 0 Å². The third kappa shape index (κ3) is 7.51. The van der Waals surface area contributed by atoms with Crippen molar-refractivity contribution in [3.05, 3.63) is 77.4 Å². The Hall–Kier alpha value is -2.68. The maximum absolute atomic E-state index is 11.3. The molecule has 0 bridgehead atoms. The summed E-state index contributed by atoms with van der Waals surface area (Å²) < 4.78 is 0. The molecule has 0 aliphatic carbocycles. The van der Waals surface area contributed by atoms with Crippen LogP contribution < -0.4 is 0 Å². The van der Waals surface area contributed by atoms with Gasteiger partial charge in [-0.3, -0.25) is 9.78 Å². The second kappa shape index (κ2) is 14.4. The molecule has 2 aromatic rings. The van der Waals surface area contributed by atoms with Gasteiger partial charge < -0.3 is 4.98 Å². The molecule has 3 nitrogen and oxygen atoms in total. The first-order valence-electron chi connectivity index (χ1n) is 10.2. The van der Waals surface area contributed by atoms with Gasteiger partial charge in [0.15, 0.2) is 6.29 Å². The fourth-order valence-corrected chi connectivity index (χ4v) is 2.55. The van der Waals surface area contributed by atoms with E-state index < -0.39 is 0 Å². The molecule has 0 aliphatic rings. The van der Waals surface area contributed by atoms with Crippen molar-refractivity contribution in [1.29, 1.82) is 0 Å². The Kier molecular flexibility index (Phi) is 13.0. The summed E-state index contributed by atoms with van der Waals surface area (Å²) in [6, 6.07) is 5.90. The number of hydrogen-bond acceptors (Lipinski definition) is 2. The van der Waals surface area contributed by atoms with Crippen LogP contribution in [0.2, 0.25) is 0 Å². The van der Waals surface area contributed by atoms with Gasteiger partial charge in [0.2, 0.25) is 0 Å². The van der Waals surface area contributed by atoms with E-state index >= 15 is 0 Å². The molecule has 152 valence electrons. The standard InChI is InChI=1S/C21H24N2O.2C2H6/c1-5-7-17(11-15(3)18-10-9-16(4)22-13-18)21-12-19(14-24)20(23-21)8-6-2;2*1-2/h5,7,9-14,23H,3,6,8H2,1-2,4H3;2*1-2H3/b7-5-,17-11+;;. The van der Waals surface area contributed by atoms with Gasteiger partial charge in [-0.1, -0.05) is 65.8 Å². The summed E-state index contributed by atoms with van der Waals surface area (Å²) in [6.45, 7) is 18.2. The van der Waals surface area contributed by atoms with Gasteiger partial charge in [-0.05, 0) is 55.2 Å². The summed E-state index contributed by atoms with van der Waals surface area (Å²) in [5, 5.41) is 0. The second-order valence-corrected chi connectivity index (χ2v) is 5.80. The van der Waals surface area contributed by atoms with E-state index in [4.69, 9.17) is 0 Å². The Bertz CT molecular complexity index is 777. The number of hydrogen-bond donors (Lipinski definition) is 1. The first-order chi connectivity index (χ1) is 13.6. The van der Waals surface area contributed by atoms with Crippen molar-refractivity contribution in [2.75, 3.05) is 0 Å². The number of aldehydes is 1. The molecule has 2 rings (SSSR count). The molecule has 28 heavy (non-hydrogen) atoms. The molecule has 0 unspecified atom stereocenters. The Labute approximate surface area is 171 Å². The molecular weight excluding hydrogens is 344 g/mol. The molecule has 0 amide bonds. The normalized spacial score (nSPS) is 10.6. The van der Waals surface area contributed by atoms with Gasteiger partial charge >= 0.3 is 0 Å². The van der Waals surface area contributed by atoms with Gasteiger partial charge in [0.25, 0.3) is 0 Å². The van der Waals surface area contributed by atoms with Gasteiger partial charge in [0.05, 0.1) is 0 Å². The maximum Gasteiger partial charge on any atom is 0.151 e. The third-order valence-corrected chi connectivity index (χ3v) is 3.83. The number of aryl methyl sites for hydroxylation is 2. The highest BCUT2D eigenvalue weighted by Crippen LogP contribution is 2.24. The Morgan fingerprint density at radius 1 is 1.21 bits per heavy atom. The Morgan fingerprint density at radius 3 is 2.39 bits per heavy atom. The summed E-state index contributed by atoms with van der Waals surface area (Å²) >= 11 is 0. The lowest BCUT2D eigenvalue weighted by Gasteiger charge is -2.04. The molecule has 0 aliphatic heterocycles. The van der Waals surface area contributed by atoms with Crippen LogP contribution in [0.5, 0.6) is 0 Å². The molecule has 0 saturated carbocycles. The lowest BCUT2D eigenvalue weighted by atomic mass is 10.0. The number of allylic oxidation sites excluding steroid dienone is 5. The molecule has 0 radical (unpaired) electrons. The van der Waals surface area contributed by atoms with Gasteiger partial charge in [-0.15, -0.1) is 0 Å². The van der Waals surface area contributed by atoms with Crippen LogP contribution in [0.25, 0.3) is 11.1 Å². The van der Waals surface area contributed by atoms with Crippen LogP contribution in [0.4, 0.5) is 0 Å². The Balaban J connectivity index is 0.00000171. The van der Waals surface area contributed by atoms with E-state index in [-0.39, 0.29) is 0 Å². The molecule has 0 saturated heterocycles. The van der Waals surface area contributed by atoms with Crippen molar-refractivity contribution in [3.63, 3.8) is 0 Å². The third-order valence-electron chi connectivity index (χ3n) is 3.83. The SMILES string of the molecule is C=C(/C=C(\C=C/C)c1cc(C=O)c(CCC)[nH]1)c1ccc(C)nc1.CC.CC. The second-order valence-electron chi connectivity index (χ2n) is 5.80. The van der Waals surface area contributed by atoms with Crippen LogP contribution in [0, 0.1) is 6.92 Å². The van der Waals surface area contributed by atoms with E-state index in [1.807, 2.05) is 84.2 Å². The minimum atomic E-state index is 0.727. The zero-order valence-corrected chi connectivity index (χ0v) is 18.6. The zero-order chi connectivity index (χ0) is 21.5. The summed E-state index contributed by atoms with van der Waals surface area (Å²) in [7, 11) is 0. The number of aromatic amines is 1. The maximum atomic E-state index is 11.3. The molecule has 0 fully saturated rings. The van der Waals surface area contributed by atoms with Crippen LogP contribution in [0.1, 0.15) is 81.0 Å². The van der Waals surface area contributed by atoms with E-state index in [2.05, 4.69) is 23.5 Å². The largest absolute Gasteiger partial charge is 0.358 e. The van der Waals surface area contributed by atoms with Gasteiger partial charge in [-0.2, -0.15) is 0 Å². The molecule has 2 heterocycles. The van der Waals surface area contributed by atoms with Crippen molar-refractivity contribution in [1.82, 2.24) is 9.97 Å². The Morgan fingerprint density at radius 2 is 1.89 bits per heavy atom. The van der Waals surface area contributed by atoms with E-state index in [1.165, 1.54) is 0 Å². The van der Waals surface area contributed by atoms with Crippen molar-refractivity contribution in [3.8, 4) is 0 Å². The van der Waals surface area contributed by atoms with E-state index in [0.29, 0.717) is 0 Å². The number of nitrogens with zero attached hydrogens (tertiary/aromatic N) is 1. The molecule has 0 atom stereocenters. The lowest BCUT2D eigenvalue weighted by molar-refractivity contribution is 0.112. The average molecular weight is 381 g/mol. The molecule has 2 aromatic heterocycles. The highest BCUT2D eigenvalue weighted by Gasteiger charge is 2.09. The molecular formula is C25H36N2O. The summed E-state index contributed by atoms with van der Waals surface area (Å²) in [6.07, 6.45) is 10.6. The topological polar surface area (TPSA) is 45.8 Å². The molecule has 3 heteroatoms. The summed E-state index contributed by atoms with van der Waals surface area (Å²) in [4.78, 5) is 19.0. The summed E-state index contributed by atoms with van der Waals surface area (Å²) in [5.41, 5.74) is 6.49. The van der Waals surface area contributed by atoms with Crippen LogP contribution >= 0.6 is 0 Å². The number of nitrogens with one attached hydrogen (secondary N) is 1. The van der Waals surface area contributed by atoms with Crippen molar-refractivity contribution < 1.29 is 4.79 Å². The monoisotopic (exact) mass is 380 g/mol. The number of H-pyrrole nitrogens is 1. The highest BCUT2D eigenvalue weighted by molar-refractivity contribution is 5.88. The lowest BCUT2D eigenvalue weighted by Crippen LogP contribution is -1.90. The number of carbonyl (C=O) groups excluding carboxylic acids is 1. The molecule has 0 spiro atoms. The fraction of sp³-hybridized carbons (Fsp3) is 0.360. The number of rotatable bonds is 7. The number of pyridine rings is 1. The molecule has 0 aromatic carbocycles. The quantitative estimate of drug-likeness (QED) is 0.407. The van der Waals surface area contributed by atoms with Gasteiger partial charge in [0.1, 0.15) is 0 Å². The van der Waals surface area contributed by atoms with Gasteiger partial charge in [-0.25, -0.2) is 0 Å². The summed E-state index contributed by atoms with van der Waals surface area (Å²) in [5.74, 6) is 0. The predicted octanol–water partition coefficient (Wildman–Crippen LogP) is 7.21. The van der Waals surface area contributed by atoms with Crippen LogP contribution in [0.15, 0.2) is 49.2 Å². The first-order valence-corrected chi connectivity index (χ1v) is 10.2. The number of carbonyl (C=O) groups is 1. The van der Waals surface area contributed by atoms with Crippen LogP contribution in [-0.2, 0) is 6.42 Å². The fourth-order valence-electron chi connectivity index (χ4n) is 2.55. The van der Waals surface area contributed by atoms with E-state index in [1.54, 1.807) is 0 Å². The van der Waals surface area contributed by atoms with Crippen LogP contribution in [0.3, 0.4) is 0 Å².